The normalized spacial score (nSPS) is 17.3. The Kier molecular flexibility index (Phi) is 4.32. The van der Waals surface area contributed by atoms with E-state index in [4.69, 9.17) is 4.42 Å². The third-order valence-electron chi connectivity index (χ3n) is 4.66. The number of halogens is 1. The number of carbonyl (C=O) groups excluding carboxylic acids is 2. The number of anilines is 2. The number of nitrogens with one attached hydrogen (secondary N) is 1. The molecule has 1 saturated heterocycles. The van der Waals surface area contributed by atoms with Crippen molar-refractivity contribution < 1.29 is 18.4 Å². The van der Waals surface area contributed by atoms with Crippen LogP contribution in [0, 0.1) is 11.7 Å². The molecule has 8 heteroatoms. The van der Waals surface area contributed by atoms with Crippen LogP contribution in [0.1, 0.15) is 23.3 Å². The number of rotatable bonds is 4. The third kappa shape index (κ3) is 3.54. The third-order valence-corrected chi connectivity index (χ3v) is 4.66. The maximum Gasteiger partial charge on any atom is 0.302 e. The summed E-state index contributed by atoms with van der Waals surface area (Å²) in [6.45, 7) is 2.38. The van der Waals surface area contributed by atoms with Gasteiger partial charge in [0.05, 0.1) is 0 Å². The molecule has 2 aromatic rings. The van der Waals surface area contributed by atoms with Gasteiger partial charge in [-0.2, -0.15) is 4.98 Å². The van der Waals surface area contributed by atoms with Gasteiger partial charge in [-0.25, -0.2) is 4.39 Å². The quantitative estimate of drug-likeness (QED) is 0.906. The second-order valence-electron chi connectivity index (χ2n) is 6.56. The molecule has 2 amide bonds. The molecule has 7 nitrogen and oxygen atoms in total. The molecule has 1 aromatic heterocycles. The molecule has 0 spiro atoms. The van der Waals surface area contributed by atoms with Crippen LogP contribution in [0.2, 0.25) is 0 Å². The molecule has 2 heterocycles. The molecule has 0 unspecified atom stereocenters. The molecule has 26 heavy (non-hydrogen) atoms. The lowest BCUT2D eigenvalue weighted by molar-refractivity contribution is -0.117. The summed E-state index contributed by atoms with van der Waals surface area (Å²) >= 11 is 0. The summed E-state index contributed by atoms with van der Waals surface area (Å²) < 4.78 is 18.2. The number of hydrogen-bond donors (Lipinski definition) is 1. The lowest BCUT2D eigenvalue weighted by atomic mass is 10.2. The van der Waals surface area contributed by atoms with Gasteiger partial charge in [0.2, 0.25) is 5.91 Å². The number of aromatic nitrogens is 1. The maximum absolute atomic E-state index is 13.0. The van der Waals surface area contributed by atoms with Crippen LogP contribution >= 0.6 is 0 Å². The van der Waals surface area contributed by atoms with Crippen LogP contribution in [0.15, 0.2) is 34.9 Å². The molecule has 136 valence electrons. The van der Waals surface area contributed by atoms with Crippen molar-refractivity contribution in [3.63, 3.8) is 0 Å². The van der Waals surface area contributed by atoms with Gasteiger partial charge in [-0.3, -0.25) is 14.9 Å². The van der Waals surface area contributed by atoms with Gasteiger partial charge in [-0.05, 0) is 37.1 Å². The van der Waals surface area contributed by atoms with E-state index in [-0.39, 0.29) is 35.3 Å². The Morgan fingerprint density at radius 2 is 1.81 bits per heavy atom. The number of oxazole rings is 1. The monoisotopic (exact) mass is 358 g/mol. The van der Waals surface area contributed by atoms with Gasteiger partial charge >= 0.3 is 6.01 Å². The van der Waals surface area contributed by atoms with E-state index in [9.17, 15) is 14.0 Å². The molecule has 1 aliphatic carbocycles. The zero-order valence-electron chi connectivity index (χ0n) is 14.2. The van der Waals surface area contributed by atoms with Gasteiger partial charge in [0.15, 0.2) is 5.69 Å². The zero-order chi connectivity index (χ0) is 18.1. The van der Waals surface area contributed by atoms with Gasteiger partial charge in [0, 0.05) is 37.8 Å². The second kappa shape index (κ2) is 6.78. The van der Waals surface area contributed by atoms with Crippen LogP contribution in [0.3, 0.4) is 0 Å². The Bertz CT molecular complexity index is 808. The lowest BCUT2D eigenvalue weighted by Gasteiger charge is -2.35. The van der Waals surface area contributed by atoms with Crippen LogP contribution in [0.5, 0.6) is 0 Å². The summed E-state index contributed by atoms with van der Waals surface area (Å²) in [5, 5.41) is 2.59. The van der Waals surface area contributed by atoms with E-state index >= 15 is 0 Å². The van der Waals surface area contributed by atoms with Crippen molar-refractivity contribution in [1.82, 2.24) is 9.88 Å². The maximum atomic E-state index is 13.0. The topological polar surface area (TPSA) is 78.7 Å². The van der Waals surface area contributed by atoms with Gasteiger partial charge in [0.25, 0.3) is 5.91 Å². The number of benzene rings is 1. The lowest BCUT2D eigenvalue weighted by Crippen LogP contribution is -2.48. The molecule has 1 aromatic carbocycles. The predicted molar refractivity (Wildman–Crippen MR) is 92.4 cm³/mol. The number of amides is 2. The average Bonchev–Trinajstić information content (AvgIpc) is 3.42. The Morgan fingerprint density at radius 3 is 2.46 bits per heavy atom. The van der Waals surface area contributed by atoms with E-state index in [0.717, 1.165) is 18.5 Å². The Hall–Kier alpha value is -2.90. The first kappa shape index (κ1) is 16.6. The molecule has 1 N–H and O–H groups in total. The molecular weight excluding hydrogens is 339 g/mol. The van der Waals surface area contributed by atoms with Crippen LogP contribution in [0.25, 0.3) is 0 Å². The molecule has 0 atom stereocenters. The van der Waals surface area contributed by atoms with Crippen LogP contribution in [-0.2, 0) is 4.79 Å². The van der Waals surface area contributed by atoms with E-state index in [1.54, 1.807) is 17.0 Å². The first-order chi connectivity index (χ1) is 12.6. The highest BCUT2D eigenvalue weighted by molar-refractivity contribution is 5.95. The number of nitrogens with zero attached hydrogens (tertiary/aromatic N) is 3. The predicted octanol–water partition coefficient (Wildman–Crippen LogP) is 2.12. The van der Waals surface area contributed by atoms with Gasteiger partial charge in [-0.1, -0.05) is 0 Å². The summed E-state index contributed by atoms with van der Waals surface area (Å²) in [5.41, 5.74) is 1.12. The van der Waals surface area contributed by atoms with Crippen molar-refractivity contribution >= 4 is 23.5 Å². The molecule has 0 radical (unpaired) electrons. The van der Waals surface area contributed by atoms with E-state index in [1.165, 1.54) is 18.4 Å². The number of piperazine rings is 1. The fourth-order valence-electron chi connectivity index (χ4n) is 2.96. The van der Waals surface area contributed by atoms with Gasteiger partial charge in [-0.15, -0.1) is 0 Å². The van der Waals surface area contributed by atoms with E-state index in [1.807, 2.05) is 0 Å². The minimum Gasteiger partial charge on any atom is -0.431 e. The van der Waals surface area contributed by atoms with Crippen LogP contribution in [0.4, 0.5) is 16.1 Å². The molecule has 1 aliphatic heterocycles. The highest BCUT2D eigenvalue weighted by Crippen LogP contribution is 2.30. The Balaban J connectivity index is 1.33. The van der Waals surface area contributed by atoms with Crippen molar-refractivity contribution in [2.75, 3.05) is 36.4 Å². The van der Waals surface area contributed by atoms with Crippen LogP contribution < -0.4 is 10.2 Å². The molecule has 2 aliphatic rings. The molecule has 0 bridgehead atoms. The van der Waals surface area contributed by atoms with Crippen molar-refractivity contribution in [2.45, 2.75) is 12.8 Å². The average molecular weight is 358 g/mol. The molecule has 2 fully saturated rings. The number of carbonyl (C=O) groups is 2. The zero-order valence-corrected chi connectivity index (χ0v) is 14.2. The van der Waals surface area contributed by atoms with E-state index in [0.29, 0.717) is 26.2 Å². The molecular formula is C18H19FN4O3. The standard InChI is InChI=1S/C18H19FN4O3/c19-13-3-5-14(6-4-13)22-7-9-23(10-8-22)17(25)15-11-26-18(20-15)21-16(24)12-1-2-12/h3-6,11-12H,1-2,7-10H2,(H,20,21,24). The van der Waals surface area contributed by atoms with E-state index in [2.05, 4.69) is 15.2 Å². The summed E-state index contributed by atoms with van der Waals surface area (Å²) in [4.78, 5) is 32.1. The fraction of sp³-hybridized carbons (Fsp3) is 0.389. The van der Waals surface area contributed by atoms with Crippen molar-refractivity contribution in [3.8, 4) is 0 Å². The van der Waals surface area contributed by atoms with Crippen molar-refractivity contribution in [1.29, 1.82) is 0 Å². The highest BCUT2D eigenvalue weighted by atomic mass is 19.1. The SMILES string of the molecule is O=C(Nc1nc(C(=O)N2CCN(c3ccc(F)cc3)CC2)co1)C1CC1. The smallest absolute Gasteiger partial charge is 0.302 e. The first-order valence-electron chi connectivity index (χ1n) is 8.66. The summed E-state index contributed by atoms with van der Waals surface area (Å²) in [6, 6.07) is 6.40. The fourth-order valence-corrected chi connectivity index (χ4v) is 2.96. The highest BCUT2D eigenvalue weighted by Gasteiger charge is 2.31. The minimum atomic E-state index is -0.266. The molecule has 1 saturated carbocycles. The van der Waals surface area contributed by atoms with Gasteiger partial charge < -0.3 is 14.2 Å². The van der Waals surface area contributed by atoms with Gasteiger partial charge in [0.1, 0.15) is 12.1 Å². The molecule has 4 rings (SSSR count). The van der Waals surface area contributed by atoms with E-state index < -0.39 is 0 Å². The Labute approximate surface area is 149 Å². The Morgan fingerprint density at radius 1 is 1.12 bits per heavy atom. The summed E-state index contributed by atoms with van der Waals surface area (Å²) in [5.74, 6) is -0.558. The number of hydrogen-bond acceptors (Lipinski definition) is 5. The van der Waals surface area contributed by atoms with Crippen molar-refractivity contribution in [3.05, 3.63) is 42.0 Å². The first-order valence-corrected chi connectivity index (χ1v) is 8.66. The second-order valence-corrected chi connectivity index (χ2v) is 6.56. The summed E-state index contributed by atoms with van der Waals surface area (Å²) in [6.07, 6.45) is 3.05. The largest absolute Gasteiger partial charge is 0.431 e. The summed E-state index contributed by atoms with van der Waals surface area (Å²) in [7, 11) is 0. The van der Waals surface area contributed by atoms with Crippen molar-refractivity contribution in [2.24, 2.45) is 5.92 Å². The van der Waals surface area contributed by atoms with Crippen LogP contribution in [-0.4, -0.2) is 47.9 Å². The minimum absolute atomic E-state index is 0.0422.